The number of hydrogen-bond acceptors (Lipinski definition) is 8. The number of rotatable bonds is 5. The smallest absolute Gasteiger partial charge is 0.250 e. The first-order chi connectivity index (χ1) is 13.6. The zero-order chi connectivity index (χ0) is 19.1. The van der Waals surface area contributed by atoms with Gasteiger partial charge < -0.3 is 9.47 Å². The Labute approximate surface area is 165 Å². The molecule has 0 bridgehead atoms. The van der Waals surface area contributed by atoms with Gasteiger partial charge in [-0.1, -0.05) is 17.3 Å². The average molecular weight is 419 g/mol. The van der Waals surface area contributed by atoms with Gasteiger partial charge in [-0.25, -0.2) is 17.8 Å². The van der Waals surface area contributed by atoms with E-state index >= 15 is 0 Å². The van der Waals surface area contributed by atoms with E-state index in [1.54, 1.807) is 28.4 Å². The van der Waals surface area contributed by atoms with Crippen molar-refractivity contribution in [3.8, 4) is 11.4 Å². The van der Waals surface area contributed by atoms with Gasteiger partial charge in [-0.2, -0.15) is 0 Å². The number of nitrogens with zero attached hydrogens (tertiary/aromatic N) is 4. The van der Waals surface area contributed by atoms with Crippen molar-refractivity contribution in [2.45, 2.75) is 28.5 Å². The molecule has 0 aliphatic carbocycles. The lowest BCUT2D eigenvalue weighted by molar-refractivity contribution is 0.0624. The van der Waals surface area contributed by atoms with E-state index in [-0.39, 0.29) is 29.1 Å². The third-order valence-electron chi connectivity index (χ3n) is 4.87. The number of aromatic nitrogens is 4. The topological polar surface area (TPSA) is 108 Å². The molecule has 5 heterocycles. The van der Waals surface area contributed by atoms with Crippen molar-refractivity contribution in [2.24, 2.45) is 0 Å². The lowest BCUT2D eigenvalue weighted by atomic mass is 10.1. The molecule has 2 aliphatic rings. The van der Waals surface area contributed by atoms with Crippen LogP contribution in [0.1, 0.15) is 6.04 Å². The molecule has 0 unspecified atom stereocenters. The van der Waals surface area contributed by atoms with Gasteiger partial charge in [-0.05, 0) is 23.6 Å². The second-order valence-electron chi connectivity index (χ2n) is 6.62. The highest BCUT2D eigenvalue weighted by atomic mass is 32.2. The second kappa shape index (κ2) is 7.01. The van der Waals surface area contributed by atoms with Crippen molar-refractivity contribution in [3.05, 3.63) is 48.1 Å². The molecule has 0 spiro atoms. The first-order valence-corrected chi connectivity index (χ1v) is 11.1. The Morgan fingerprint density at radius 2 is 2.00 bits per heavy atom. The molecule has 0 amide bonds. The molecule has 28 heavy (non-hydrogen) atoms. The Morgan fingerprint density at radius 3 is 2.79 bits per heavy atom. The number of pyridine rings is 1. The van der Waals surface area contributed by atoms with Crippen LogP contribution in [-0.2, 0) is 19.5 Å². The van der Waals surface area contributed by atoms with Gasteiger partial charge in [0.05, 0.1) is 31.1 Å². The van der Waals surface area contributed by atoms with Crippen molar-refractivity contribution in [3.63, 3.8) is 0 Å². The fourth-order valence-corrected chi connectivity index (χ4v) is 5.79. The van der Waals surface area contributed by atoms with Gasteiger partial charge in [-0.15, -0.1) is 16.4 Å². The standard InChI is InChI=1S/C17H17N5O4S2/c23-28(24,15-5-3-7-27-15)20-13-9-25-17-14(10-26-16(13)17)22-8-12(19-21-22)11-4-1-2-6-18-11/h1-8,13-14,16-17,20H,9-10H2/t13-,14+,16-,17+/m0/s1. The fourth-order valence-electron chi connectivity index (χ4n) is 3.55. The first-order valence-electron chi connectivity index (χ1n) is 8.74. The Morgan fingerprint density at radius 1 is 1.11 bits per heavy atom. The molecule has 0 radical (unpaired) electrons. The van der Waals surface area contributed by atoms with Crippen molar-refractivity contribution in [1.82, 2.24) is 24.7 Å². The van der Waals surface area contributed by atoms with E-state index in [0.717, 1.165) is 5.69 Å². The third kappa shape index (κ3) is 3.14. The number of ether oxygens (including phenoxy) is 2. The van der Waals surface area contributed by atoms with Crippen molar-refractivity contribution < 1.29 is 17.9 Å². The van der Waals surface area contributed by atoms with Crippen LogP contribution in [0.4, 0.5) is 0 Å². The van der Waals surface area contributed by atoms with Crippen LogP contribution in [0.15, 0.2) is 52.3 Å². The van der Waals surface area contributed by atoms with Crippen LogP contribution in [0, 0.1) is 0 Å². The van der Waals surface area contributed by atoms with E-state index in [9.17, 15) is 8.42 Å². The largest absolute Gasteiger partial charge is 0.371 e. The van der Waals surface area contributed by atoms with Crippen LogP contribution in [0.5, 0.6) is 0 Å². The Bertz CT molecular complexity index is 1050. The van der Waals surface area contributed by atoms with Gasteiger partial charge in [-0.3, -0.25) is 4.98 Å². The quantitative estimate of drug-likeness (QED) is 0.659. The monoisotopic (exact) mass is 419 g/mol. The normalized spacial score (nSPS) is 27.1. The molecule has 1 N–H and O–H groups in total. The van der Waals surface area contributed by atoms with Crippen LogP contribution in [0.25, 0.3) is 11.4 Å². The molecule has 0 saturated carbocycles. The predicted octanol–water partition coefficient (Wildman–Crippen LogP) is 1.09. The van der Waals surface area contributed by atoms with E-state index in [4.69, 9.17) is 9.47 Å². The van der Waals surface area contributed by atoms with Gasteiger partial charge in [0.15, 0.2) is 0 Å². The Hall–Kier alpha value is -2.18. The molecule has 3 aromatic rings. The van der Waals surface area contributed by atoms with Crippen LogP contribution in [0.2, 0.25) is 0 Å². The molecule has 4 atom stereocenters. The highest BCUT2D eigenvalue weighted by Gasteiger charge is 2.50. The minimum Gasteiger partial charge on any atom is -0.371 e. The molecule has 2 saturated heterocycles. The molecule has 5 rings (SSSR count). The van der Waals surface area contributed by atoms with E-state index in [0.29, 0.717) is 12.3 Å². The summed E-state index contributed by atoms with van der Waals surface area (Å²) in [4.78, 5) is 4.28. The number of sulfonamides is 1. The van der Waals surface area contributed by atoms with Crippen LogP contribution in [-0.4, -0.2) is 59.9 Å². The maximum absolute atomic E-state index is 12.5. The maximum Gasteiger partial charge on any atom is 0.250 e. The van der Waals surface area contributed by atoms with Crippen LogP contribution >= 0.6 is 11.3 Å². The number of fused-ring (bicyclic) bond motifs is 1. The van der Waals surface area contributed by atoms with E-state index < -0.39 is 16.1 Å². The highest BCUT2D eigenvalue weighted by molar-refractivity contribution is 7.91. The van der Waals surface area contributed by atoms with Crippen molar-refractivity contribution in [1.29, 1.82) is 0 Å². The fraction of sp³-hybridized carbons (Fsp3) is 0.353. The zero-order valence-corrected chi connectivity index (χ0v) is 16.2. The predicted molar refractivity (Wildman–Crippen MR) is 100 cm³/mol. The Kier molecular flexibility index (Phi) is 4.48. The summed E-state index contributed by atoms with van der Waals surface area (Å²) in [5, 5.41) is 10.1. The van der Waals surface area contributed by atoms with Gasteiger partial charge in [0, 0.05) is 6.20 Å². The molecule has 146 valence electrons. The van der Waals surface area contributed by atoms with Crippen molar-refractivity contribution in [2.75, 3.05) is 13.2 Å². The minimum absolute atomic E-state index is 0.175. The molecule has 9 nitrogen and oxygen atoms in total. The van der Waals surface area contributed by atoms with Crippen LogP contribution < -0.4 is 4.72 Å². The van der Waals surface area contributed by atoms with E-state index in [2.05, 4.69) is 20.0 Å². The number of hydrogen-bond donors (Lipinski definition) is 1. The van der Waals surface area contributed by atoms with E-state index in [1.807, 2.05) is 24.4 Å². The SMILES string of the molecule is O=S(=O)(N[C@H]1CO[C@H]2[C@H]1OC[C@H]2n1cc(-c2ccccn2)nn1)c1cccs1. The summed E-state index contributed by atoms with van der Waals surface area (Å²) in [5.74, 6) is 0. The molecule has 2 fully saturated rings. The average Bonchev–Trinajstić information content (AvgIpc) is 3.48. The van der Waals surface area contributed by atoms with Gasteiger partial charge in [0.1, 0.15) is 28.2 Å². The minimum atomic E-state index is -3.59. The Balaban J connectivity index is 1.32. The number of nitrogens with one attached hydrogen (secondary N) is 1. The van der Waals surface area contributed by atoms with Gasteiger partial charge in [0.2, 0.25) is 10.0 Å². The third-order valence-corrected chi connectivity index (χ3v) is 7.76. The summed E-state index contributed by atoms with van der Waals surface area (Å²) in [6, 6.07) is 8.26. The van der Waals surface area contributed by atoms with Gasteiger partial charge in [0.25, 0.3) is 0 Å². The molecule has 2 aliphatic heterocycles. The summed E-state index contributed by atoms with van der Waals surface area (Å²) in [6.45, 7) is 0.621. The lowest BCUT2D eigenvalue weighted by Crippen LogP contribution is -2.43. The molecule has 0 aromatic carbocycles. The zero-order valence-electron chi connectivity index (χ0n) is 14.6. The summed E-state index contributed by atoms with van der Waals surface area (Å²) >= 11 is 1.18. The summed E-state index contributed by atoms with van der Waals surface area (Å²) < 4.78 is 41.5. The highest BCUT2D eigenvalue weighted by Crippen LogP contribution is 2.35. The summed E-state index contributed by atoms with van der Waals surface area (Å²) in [5.41, 5.74) is 1.40. The molecular formula is C17H17N5O4S2. The first kappa shape index (κ1) is 17.9. The summed E-state index contributed by atoms with van der Waals surface area (Å²) in [7, 11) is -3.59. The van der Waals surface area contributed by atoms with Crippen LogP contribution in [0.3, 0.4) is 0 Å². The number of thiophene rings is 1. The summed E-state index contributed by atoms with van der Waals surface area (Å²) in [6.07, 6.45) is 2.84. The maximum atomic E-state index is 12.5. The van der Waals surface area contributed by atoms with E-state index in [1.165, 1.54) is 11.3 Å². The molecular weight excluding hydrogens is 402 g/mol. The van der Waals surface area contributed by atoms with Crippen molar-refractivity contribution >= 4 is 21.4 Å². The molecule has 11 heteroatoms. The second-order valence-corrected chi connectivity index (χ2v) is 9.51. The van der Waals surface area contributed by atoms with Gasteiger partial charge >= 0.3 is 0 Å². The molecule has 3 aromatic heterocycles. The lowest BCUT2D eigenvalue weighted by Gasteiger charge is -2.17.